The molecule has 1 aliphatic heterocycles. The van der Waals surface area contributed by atoms with Crippen LogP contribution in [0.15, 0.2) is 78.9 Å². The quantitative estimate of drug-likeness (QED) is 0.103. The van der Waals surface area contributed by atoms with Crippen molar-refractivity contribution in [3.63, 3.8) is 0 Å². The average molecular weight is 618 g/mol. The number of amides is 1. The van der Waals surface area contributed by atoms with E-state index in [0.717, 1.165) is 29.7 Å². The second-order valence-electron chi connectivity index (χ2n) is 10.9. The highest BCUT2D eigenvalue weighted by molar-refractivity contribution is 5.92. The number of anilines is 1. The first kappa shape index (κ1) is 31.7. The van der Waals surface area contributed by atoms with E-state index in [2.05, 4.69) is 16.3 Å². The number of carbonyl (C=O) groups is 1. The van der Waals surface area contributed by atoms with E-state index in [1.54, 1.807) is 35.8 Å². The van der Waals surface area contributed by atoms with Gasteiger partial charge in [-0.15, -0.1) is 0 Å². The van der Waals surface area contributed by atoms with Gasteiger partial charge in [0.05, 0.1) is 23.9 Å². The number of hydrogen-bond donors (Lipinski definition) is 4. The molecular formula is C36H32FN5O4. The first-order valence-electron chi connectivity index (χ1n) is 14.7. The summed E-state index contributed by atoms with van der Waals surface area (Å²) in [6.45, 7) is 2.08. The Balaban J connectivity index is 1.36. The van der Waals surface area contributed by atoms with Gasteiger partial charge in [0.15, 0.2) is 11.5 Å². The maximum atomic E-state index is 14.9. The Kier molecular flexibility index (Phi) is 9.94. The van der Waals surface area contributed by atoms with Crippen LogP contribution in [0.4, 0.5) is 10.1 Å². The lowest BCUT2D eigenvalue weighted by atomic mass is 9.88. The standard InChI is InChI=1S/C36H32FN5O4/c1-46-34-12-9-25(19-33(34)43)29-10-11-32(30(21-39)36(29)26-7-8-27(20-38)31(37)18-26)42-16-14-28(15-17-42)40-22-24-4-2-23(3-5-24)6-13-35(44)41-45/h2-13,18-19,28,40,43,45H,14-17,22H2,1H3,(H,41,44)/b13-6+. The van der Waals surface area contributed by atoms with Crippen molar-refractivity contribution in [3.05, 3.63) is 107 Å². The molecule has 0 spiro atoms. The van der Waals surface area contributed by atoms with Crippen molar-refractivity contribution in [2.45, 2.75) is 25.4 Å². The number of hydrogen-bond acceptors (Lipinski definition) is 8. The summed E-state index contributed by atoms with van der Waals surface area (Å²) in [6, 6.07) is 25.3. The van der Waals surface area contributed by atoms with E-state index in [-0.39, 0.29) is 17.4 Å². The van der Waals surface area contributed by atoms with Crippen LogP contribution in [0.3, 0.4) is 0 Å². The molecule has 10 heteroatoms. The molecule has 4 N–H and O–H groups in total. The molecule has 0 atom stereocenters. The summed E-state index contributed by atoms with van der Waals surface area (Å²) in [5, 5.41) is 42.5. The van der Waals surface area contributed by atoms with Crippen molar-refractivity contribution in [1.29, 1.82) is 10.5 Å². The van der Waals surface area contributed by atoms with Gasteiger partial charge in [0, 0.05) is 37.3 Å². The van der Waals surface area contributed by atoms with Gasteiger partial charge in [0.1, 0.15) is 18.0 Å². The number of halogens is 1. The summed E-state index contributed by atoms with van der Waals surface area (Å²) in [7, 11) is 1.46. The molecule has 1 fully saturated rings. The van der Waals surface area contributed by atoms with Gasteiger partial charge < -0.3 is 20.1 Å². The van der Waals surface area contributed by atoms with Gasteiger partial charge in [-0.2, -0.15) is 10.5 Å². The summed E-state index contributed by atoms with van der Waals surface area (Å²) < 4.78 is 20.0. The number of aromatic hydroxyl groups is 1. The van der Waals surface area contributed by atoms with Gasteiger partial charge in [0.2, 0.25) is 0 Å². The second kappa shape index (κ2) is 14.4. The van der Waals surface area contributed by atoms with Crippen molar-refractivity contribution in [2.75, 3.05) is 25.1 Å². The molecule has 0 saturated carbocycles. The predicted octanol–water partition coefficient (Wildman–Crippen LogP) is 5.89. The van der Waals surface area contributed by atoms with Crippen molar-refractivity contribution in [2.24, 2.45) is 0 Å². The Bertz CT molecular complexity index is 1850. The minimum Gasteiger partial charge on any atom is -0.504 e. The van der Waals surface area contributed by atoms with Crippen molar-refractivity contribution in [1.82, 2.24) is 10.8 Å². The Labute approximate surface area is 266 Å². The molecule has 4 aromatic rings. The second-order valence-corrected chi connectivity index (χ2v) is 10.9. The van der Waals surface area contributed by atoms with Crippen LogP contribution in [0.1, 0.15) is 35.1 Å². The first-order chi connectivity index (χ1) is 22.3. The molecule has 46 heavy (non-hydrogen) atoms. The predicted molar refractivity (Wildman–Crippen MR) is 172 cm³/mol. The van der Waals surface area contributed by atoms with Gasteiger partial charge in [-0.25, -0.2) is 9.87 Å². The van der Waals surface area contributed by atoms with Gasteiger partial charge in [-0.1, -0.05) is 42.5 Å². The molecule has 0 aromatic heterocycles. The average Bonchev–Trinajstić information content (AvgIpc) is 3.09. The lowest BCUT2D eigenvalue weighted by Gasteiger charge is -2.35. The van der Waals surface area contributed by atoms with Gasteiger partial charge in [0.25, 0.3) is 5.91 Å². The Hall–Kier alpha value is -5.68. The van der Waals surface area contributed by atoms with E-state index in [0.29, 0.717) is 53.2 Å². The van der Waals surface area contributed by atoms with Crippen molar-refractivity contribution >= 4 is 17.7 Å². The molecule has 0 aliphatic carbocycles. The SMILES string of the molecule is COc1ccc(-c2ccc(N3CCC(NCc4ccc(/C=C/C(=O)NO)cc4)CC3)c(C#N)c2-c2ccc(C#N)c(F)c2)cc1O. The number of piperidine rings is 1. The lowest BCUT2D eigenvalue weighted by molar-refractivity contribution is -0.124. The molecule has 1 heterocycles. The van der Waals surface area contributed by atoms with E-state index in [4.69, 9.17) is 9.94 Å². The molecule has 0 unspecified atom stereocenters. The number of phenolic OH excluding ortho intramolecular Hbond substituents is 1. The number of rotatable bonds is 9. The molecule has 1 aliphatic rings. The summed E-state index contributed by atoms with van der Waals surface area (Å²) in [6.07, 6.45) is 4.56. The molecule has 5 rings (SSSR count). The van der Waals surface area contributed by atoms with E-state index in [1.165, 1.54) is 25.3 Å². The fourth-order valence-electron chi connectivity index (χ4n) is 5.67. The minimum absolute atomic E-state index is 0.0611. The summed E-state index contributed by atoms with van der Waals surface area (Å²) >= 11 is 0. The lowest BCUT2D eigenvalue weighted by Crippen LogP contribution is -2.42. The Morgan fingerprint density at radius 2 is 1.76 bits per heavy atom. The number of nitriles is 2. The normalized spacial score (nSPS) is 13.3. The van der Waals surface area contributed by atoms with Crippen LogP contribution in [-0.4, -0.2) is 42.5 Å². The van der Waals surface area contributed by atoms with Crippen LogP contribution in [0.25, 0.3) is 28.3 Å². The van der Waals surface area contributed by atoms with E-state index < -0.39 is 11.7 Å². The van der Waals surface area contributed by atoms with Crippen molar-refractivity contribution in [3.8, 4) is 45.9 Å². The fourth-order valence-corrected chi connectivity index (χ4v) is 5.67. The van der Waals surface area contributed by atoms with Crippen LogP contribution in [-0.2, 0) is 11.3 Å². The maximum absolute atomic E-state index is 14.9. The van der Waals surface area contributed by atoms with Crippen LogP contribution >= 0.6 is 0 Å². The fraction of sp³-hybridized carbons (Fsp3) is 0.194. The molecule has 0 radical (unpaired) electrons. The van der Waals surface area contributed by atoms with Crippen LogP contribution in [0.2, 0.25) is 0 Å². The number of nitrogens with one attached hydrogen (secondary N) is 2. The molecule has 4 aromatic carbocycles. The third kappa shape index (κ3) is 7.00. The van der Waals surface area contributed by atoms with Gasteiger partial charge >= 0.3 is 0 Å². The molecule has 232 valence electrons. The van der Waals surface area contributed by atoms with Crippen molar-refractivity contribution < 1.29 is 24.2 Å². The van der Waals surface area contributed by atoms with E-state index in [1.807, 2.05) is 42.5 Å². The topological polar surface area (TPSA) is 142 Å². The zero-order chi connectivity index (χ0) is 32.6. The number of benzene rings is 4. The molecule has 9 nitrogen and oxygen atoms in total. The van der Waals surface area contributed by atoms with Crippen LogP contribution < -0.4 is 20.4 Å². The first-order valence-corrected chi connectivity index (χ1v) is 14.7. The third-order valence-corrected chi connectivity index (χ3v) is 8.11. The summed E-state index contributed by atoms with van der Waals surface area (Å²) in [4.78, 5) is 13.4. The highest BCUT2D eigenvalue weighted by Crippen LogP contribution is 2.42. The van der Waals surface area contributed by atoms with E-state index in [9.17, 15) is 24.8 Å². The monoisotopic (exact) mass is 617 g/mol. The molecular weight excluding hydrogens is 585 g/mol. The Morgan fingerprint density at radius 3 is 2.39 bits per heavy atom. The smallest absolute Gasteiger partial charge is 0.267 e. The third-order valence-electron chi connectivity index (χ3n) is 8.11. The zero-order valence-corrected chi connectivity index (χ0v) is 25.1. The molecule has 0 bridgehead atoms. The van der Waals surface area contributed by atoms with E-state index >= 15 is 0 Å². The van der Waals surface area contributed by atoms with Gasteiger partial charge in [-0.05, 0) is 77.1 Å². The highest BCUT2D eigenvalue weighted by atomic mass is 19.1. The summed E-state index contributed by atoms with van der Waals surface area (Å²) in [5.41, 5.74) is 6.77. The molecule has 1 saturated heterocycles. The number of phenols is 1. The number of ether oxygens (including phenoxy) is 1. The largest absolute Gasteiger partial charge is 0.504 e. The zero-order valence-electron chi connectivity index (χ0n) is 25.1. The number of hydroxylamine groups is 1. The van der Waals surface area contributed by atoms with Crippen LogP contribution in [0.5, 0.6) is 11.5 Å². The number of carbonyl (C=O) groups excluding carboxylic acids is 1. The maximum Gasteiger partial charge on any atom is 0.267 e. The highest BCUT2D eigenvalue weighted by Gasteiger charge is 2.25. The molecule has 1 amide bonds. The minimum atomic E-state index is -0.676. The Morgan fingerprint density at radius 1 is 1.02 bits per heavy atom. The number of methoxy groups -OCH3 is 1. The number of nitrogens with zero attached hydrogens (tertiary/aromatic N) is 3. The summed E-state index contributed by atoms with van der Waals surface area (Å²) in [5.74, 6) is -1.02. The van der Waals surface area contributed by atoms with Gasteiger partial charge in [-0.3, -0.25) is 10.0 Å². The van der Waals surface area contributed by atoms with Crippen LogP contribution in [0, 0.1) is 28.5 Å².